The maximum Gasteiger partial charge on any atom is 0.150 e. The van der Waals surface area contributed by atoms with E-state index >= 15 is 0 Å². The molecule has 3 heteroatoms. The van der Waals surface area contributed by atoms with E-state index in [2.05, 4.69) is 0 Å². The molecule has 1 heterocycles. The molecule has 0 atom stereocenters. The molecule has 0 aromatic heterocycles. The van der Waals surface area contributed by atoms with Crippen LogP contribution in [0.15, 0.2) is 30.0 Å². The number of allylic oxidation sites excluding steroid dienone is 1. The molecule has 0 saturated carbocycles. The van der Waals surface area contributed by atoms with Gasteiger partial charge in [-0.05, 0) is 31.4 Å². The molecule has 2 rings (SSSR count). The summed E-state index contributed by atoms with van der Waals surface area (Å²) in [4.78, 5) is 23.5. The molecular weight excluding hydrogens is 202 g/mol. The van der Waals surface area contributed by atoms with Gasteiger partial charge in [-0.1, -0.05) is 12.1 Å². The number of aldehydes is 1. The highest BCUT2D eigenvalue weighted by molar-refractivity contribution is 5.78. The lowest BCUT2D eigenvalue weighted by atomic mass is 10.1. The number of anilines is 1. The van der Waals surface area contributed by atoms with Gasteiger partial charge < -0.3 is 4.90 Å². The summed E-state index contributed by atoms with van der Waals surface area (Å²) < 4.78 is 0. The SMILES string of the molecule is O=C=C1CCCCN1c1cccc(C=O)c1. The van der Waals surface area contributed by atoms with Gasteiger partial charge in [0.1, 0.15) is 17.9 Å². The summed E-state index contributed by atoms with van der Waals surface area (Å²) in [5.74, 6) is 1.99. The Morgan fingerprint density at radius 3 is 2.94 bits per heavy atom. The highest BCUT2D eigenvalue weighted by Gasteiger charge is 2.17. The lowest BCUT2D eigenvalue weighted by molar-refractivity contribution is 0.112. The van der Waals surface area contributed by atoms with E-state index in [0.717, 1.165) is 37.8 Å². The van der Waals surface area contributed by atoms with Crippen molar-refractivity contribution in [2.24, 2.45) is 0 Å². The Kier molecular flexibility index (Phi) is 3.18. The topological polar surface area (TPSA) is 37.4 Å². The van der Waals surface area contributed by atoms with Crippen molar-refractivity contribution in [3.63, 3.8) is 0 Å². The fraction of sp³-hybridized carbons (Fsp3) is 0.308. The first-order chi connectivity index (χ1) is 7.85. The molecule has 0 radical (unpaired) electrons. The first-order valence-corrected chi connectivity index (χ1v) is 5.42. The van der Waals surface area contributed by atoms with Gasteiger partial charge in [-0.3, -0.25) is 4.79 Å². The molecule has 0 bridgehead atoms. The van der Waals surface area contributed by atoms with Gasteiger partial charge in [0.15, 0.2) is 0 Å². The van der Waals surface area contributed by atoms with Crippen molar-refractivity contribution in [2.75, 3.05) is 11.4 Å². The van der Waals surface area contributed by atoms with E-state index in [0.29, 0.717) is 11.3 Å². The van der Waals surface area contributed by atoms with Crippen LogP contribution < -0.4 is 4.90 Å². The first-order valence-electron chi connectivity index (χ1n) is 5.42. The fourth-order valence-corrected chi connectivity index (χ4v) is 1.99. The third kappa shape index (κ3) is 2.05. The molecule has 1 saturated heterocycles. The summed E-state index contributed by atoms with van der Waals surface area (Å²) >= 11 is 0. The van der Waals surface area contributed by atoms with E-state index < -0.39 is 0 Å². The number of piperidine rings is 1. The third-order valence-corrected chi connectivity index (χ3v) is 2.81. The number of hydrogen-bond donors (Lipinski definition) is 0. The smallest absolute Gasteiger partial charge is 0.150 e. The van der Waals surface area contributed by atoms with Gasteiger partial charge >= 0.3 is 0 Å². The van der Waals surface area contributed by atoms with Crippen molar-refractivity contribution in [1.29, 1.82) is 0 Å². The van der Waals surface area contributed by atoms with Crippen LogP contribution in [0.3, 0.4) is 0 Å². The van der Waals surface area contributed by atoms with Gasteiger partial charge in [-0.15, -0.1) is 0 Å². The van der Waals surface area contributed by atoms with Gasteiger partial charge in [0, 0.05) is 17.8 Å². The van der Waals surface area contributed by atoms with Crippen LogP contribution in [0.25, 0.3) is 0 Å². The second kappa shape index (κ2) is 4.77. The van der Waals surface area contributed by atoms with Crippen molar-refractivity contribution in [3.8, 4) is 0 Å². The van der Waals surface area contributed by atoms with E-state index in [9.17, 15) is 9.59 Å². The van der Waals surface area contributed by atoms with Gasteiger partial charge in [0.2, 0.25) is 0 Å². The Labute approximate surface area is 94.4 Å². The number of carbonyl (C=O) groups is 1. The number of nitrogens with zero attached hydrogens (tertiary/aromatic N) is 1. The van der Waals surface area contributed by atoms with Crippen LogP contribution in [0.5, 0.6) is 0 Å². The predicted octanol–water partition coefficient (Wildman–Crippen LogP) is 2.20. The van der Waals surface area contributed by atoms with Crippen LogP contribution in [0.4, 0.5) is 5.69 Å². The van der Waals surface area contributed by atoms with Crippen LogP contribution in [0.2, 0.25) is 0 Å². The fourth-order valence-electron chi connectivity index (χ4n) is 1.99. The number of benzene rings is 1. The number of rotatable bonds is 2. The van der Waals surface area contributed by atoms with Gasteiger partial charge in [0.05, 0.1) is 0 Å². The molecule has 82 valence electrons. The Bertz CT molecular complexity index is 447. The molecule has 3 nitrogen and oxygen atoms in total. The molecular formula is C13H13NO2. The Balaban J connectivity index is 2.34. The zero-order valence-electron chi connectivity index (χ0n) is 8.98. The molecule has 1 aliphatic rings. The van der Waals surface area contributed by atoms with Crippen molar-refractivity contribution in [1.82, 2.24) is 0 Å². The lowest BCUT2D eigenvalue weighted by Crippen LogP contribution is -2.28. The van der Waals surface area contributed by atoms with Crippen molar-refractivity contribution >= 4 is 17.9 Å². The minimum absolute atomic E-state index is 0.633. The predicted molar refractivity (Wildman–Crippen MR) is 62.2 cm³/mol. The molecule has 0 aliphatic carbocycles. The van der Waals surface area contributed by atoms with Crippen LogP contribution in [-0.4, -0.2) is 18.8 Å². The molecule has 1 fully saturated rings. The van der Waals surface area contributed by atoms with Crippen molar-refractivity contribution < 1.29 is 9.59 Å². The van der Waals surface area contributed by atoms with Gasteiger partial charge in [-0.25, -0.2) is 4.79 Å². The summed E-state index contributed by atoms with van der Waals surface area (Å²) in [6.07, 6.45) is 3.69. The summed E-state index contributed by atoms with van der Waals surface area (Å²) in [5, 5.41) is 0. The molecule has 16 heavy (non-hydrogen) atoms. The van der Waals surface area contributed by atoms with E-state index in [4.69, 9.17) is 0 Å². The van der Waals surface area contributed by atoms with Crippen LogP contribution in [0.1, 0.15) is 29.6 Å². The normalized spacial score (nSPS) is 15.8. The summed E-state index contributed by atoms with van der Waals surface area (Å²) in [6.45, 7) is 0.826. The van der Waals surface area contributed by atoms with E-state index in [-0.39, 0.29) is 0 Å². The molecule has 1 aliphatic heterocycles. The Morgan fingerprint density at radius 1 is 1.31 bits per heavy atom. The molecule has 1 aromatic carbocycles. The van der Waals surface area contributed by atoms with Gasteiger partial charge in [0.25, 0.3) is 0 Å². The molecule has 0 unspecified atom stereocenters. The zero-order chi connectivity index (χ0) is 11.4. The number of hydrogen-bond acceptors (Lipinski definition) is 3. The minimum Gasteiger partial charge on any atom is -0.336 e. The van der Waals surface area contributed by atoms with Crippen LogP contribution >= 0.6 is 0 Å². The molecule has 1 aromatic rings. The summed E-state index contributed by atoms with van der Waals surface area (Å²) in [5.41, 5.74) is 2.23. The molecule has 0 spiro atoms. The maximum atomic E-state index is 10.8. The van der Waals surface area contributed by atoms with E-state index in [1.165, 1.54) is 0 Å². The lowest BCUT2D eigenvalue weighted by Gasteiger charge is -2.29. The van der Waals surface area contributed by atoms with Gasteiger partial charge in [-0.2, -0.15) is 0 Å². The molecule has 0 amide bonds. The second-order valence-electron chi connectivity index (χ2n) is 3.87. The average molecular weight is 215 g/mol. The van der Waals surface area contributed by atoms with Crippen molar-refractivity contribution in [2.45, 2.75) is 19.3 Å². The highest BCUT2D eigenvalue weighted by Crippen LogP contribution is 2.26. The first kappa shape index (κ1) is 10.7. The average Bonchev–Trinajstić information content (AvgIpc) is 2.38. The standard InChI is InChI=1S/C13H13NO2/c15-9-11-4-3-6-12(8-11)14-7-2-1-5-13(14)10-16/h3-4,6,8-9H,1-2,5,7H2. The number of carbonyl (C=O) groups excluding carboxylic acids is 2. The highest BCUT2D eigenvalue weighted by atomic mass is 16.1. The quantitative estimate of drug-likeness (QED) is 0.560. The van der Waals surface area contributed by atoms with Crippen LogP contribution in [-0.2, 0) is 4.79 Å². The second-order valence-corrected chi connectivity index (χ2v) is 3.87. The third-order valence-electron chi connectivity index (χ3n) is 2.81. The minimum atomic E-state index is 0.633. The summed E-state index contributed by atoms with van der Waals surface area (Å²) in [7, 11) is 0. The molecule has 0 N–H and O–H groups in total. The van der Waals surface area contributed by atoms with Crippen LogP contribution in [0, 0.1) is 0 Å². The van der Waals surface area contributed by atoms with Crippen molar-refractivity contribution in [3.05, 3.63) is 35.5 Å². The van der Waals surface area contributed by atoms with E-state index in [1.54, 1.807) is 12.1 Å². The zero-order valence-corrected chi connectivity index (χ0v) is 8.98. The monoisotopic (exact) mass is 215 g/mol. The largest absolute Gasteiger partial charge is 0.336 e. The maximum absolute atomic E-state index is 10.8. The Hall–Kier alpha value is -1.86. The summed E-state index contributed by atoms with van der Waals surface area (Å²) in [6, 6.07) is 7.30. The van der Waals surface area contributed by atoms with E-state index in [1.807, 2.05) is 23.0 Å². The Morgan fingerprint density at radius 2 is 2.19 bits per heavy atom.